The van der Waals surface area contributed by atoms with Gasteiger partial charge in [0.2, 0.25) is 0 Å². The molecule has 1 atom stereocenters. The van der Waals surface area contributed by atoms with Gasteiger partial charge >= 0.3 is 0 Å². The van der Waals surface area contributed by atoms with E-state index in [2.05, 4.69) is 0 Å². The van der Waals surface area contributed by atoms with E-state index >= 15 is 0 Å². The number of halogens is 2. The predicted octanol–water partition coefficient (Wildman–Crippen LogP) is 4.87. The molecule has 0 aromatic heterocycles. The predicted molar refractivity (Wildman–Crippen MR) is 85.6 cm³/mol. The van der Waals surface area contributed by atoms with Crippen molar-refractivity contribution in [2.45, 2.75) is 31.8 Å². The minimum atomic E-state index is -0.567. The number of hydrogen-bond acceptors (Lipinski definition) is 1. The smallest absolute Gasteiger partial charge is 0.0672 e. The van der Waals surface area contributed by atoms with Crippen LogP contribution >= 0.6 is 23.2 Å². The molecule has 0 amide bonds. The molecule has 1 N–H and O–H groups in total. The lowest BCUT2D eigenvalue weighted by Crippen LogP contribution is -2.35. The lowest BCUT2D eigenvalue weighted by Gasteiger charge is -2.31. The zero-order chi connectivity index (χ0) is 14.8. The Morgan fingerprint density at radius 2 is 1.50 bits per heavy atom. The van der Waals surface area contributed by atoms with Gasteiger partial charge in [-0.25, -0.2) is 0 Å². The molecule has 0 heterocycles. The molecule has 3 heteroatoms. The Bertz CT molecular complexity index is 559. The normalized spacial score (nSPS) is 13.2. The van der Waals surface area contributed by atoms with Crippen LogP contribution < -0.4 is 0 Å². The van der Waals surface area contributed by atoms with Crippen molar-refractivity contribution in [3.63, 3.8) is 0 Å². The first-order chi connectivity index (χ1) is 9.43. The molecule has 0 aliphatic heterocycles. The Labute approximate surface area is 130 Å². The van der Waals surface area contributed by atoms with Crippen molar-refractivity contribution in [2.24, 2.45) is 0 Å². The quantitative estimate of drug-likeness (QED) is 0.854. The van der Waals surface area contributed by atoms with Gasteiger partial charge in [-0.1, -0.05) is 73.4 Å². The summed E-state index contributed by atoms with van der Waals surface area (Å²) in [6.07, 6.45) is -0.136. The van der Waals surface area contributed by atoms with E-state index in [1.807, 2.05) is 50.2 Å². The van der Waals surface area contributed by atoms with E-state index in [-0.39, 0.29) is 5.41 Å². The summed E-state index contributed by atoms with van der Waals surface area (Å²) in [5, 5.41) is 11.8. The minimum absolute atomic E-state index is 0.371. The maximum absolute atomic E-state index is 10.6. The van der Waals surface area contributed by atoms with Crippen molar-refractivity contribution in [1.29, 1.82) is 0 Å². The Morgan fingerprint density at radius 3 is 2.05 bits per heavy atom. The third-order valence-corrected chi connectivity index (χ3v) is 4.52. The first-order valence-electron chi connectivity index (χ1n) is 6.59. The second kappa shape index (κ2) is 6.17. The molecule has 2 aromatic rings. The Morgan fingerprint density at radius 1 is 0.950 bits per heavy atom. The highest BCUT2D eigenvalue weighted by atomic mass is 35.5. The van der Waals surface area contributed by atoms with Gasteiger partial charge in [0.15, 0.2) is 0 Å². The van der Waals surface area contributed by atoms with E-state index in [0.29, 0.717) is 16.5 Å². The fraction of sp³-hybridized carbons (Fsp3) is 0.294. The summed E-state index contributed by atoms with van der Waals surface area (Å²) in [7, 11) is 0. The summed E-state index contributed by atoms with van der Waals surface area (Å²) >= 11 is 12.3. The van der Waals surface area contributed by atoms with Gasteiger partial charge in [0.25, 0.3) is 0 Å². The van der Waals surface area contributed by atoms with E-state index in [4.69, 9.17) is 23.2 Å². The van der Waals surface area contributed by atoms with Crippen LogP contribution in [0.1, 0.15) is 25.0 Å². The van der Waals surface area contributed by atoms with Crippen LogP contribution in [0.2, 0.25) is 10.0 Å². The third-order valence-electron chi connectivity index (χ3n) is 3.81. The zero-order valence-electron chi connectivity index (χ0n) is 11.6. The largest absolute Gasteiger partial charge is 0.392 e. The topological polar surface area (TPSA) is 20.2 Å². The fourth-order valence-electron chi connectivity index (χ4n) is 2.24. The fourth-order valence-corrected chi connectivity index (χ4v) is 2.79. The van der Waals surface area contributed by atoms with Crippen LogP contribution in [-0.4, -0.2) is 11.2 Å². The van der Waals surface area contributed by atoms with Gasteiger partial charge in [0.05, 0.1) is 6.10 Å². The van der Waals surface area contributed by atoms with E-state index < -0.39 is 6.10 Å². The lowest BCUT2D eigenvalue weighted by molar-refractivity contribution is 0.100. The first kappa shape index (κ1) is 15.4. The highest BCUT2D eigenvalue weighted by Gasteiger charge is 2.30. The van der Waals surface area contributed by atoms with Gasteiger partial charge in [0.1, 0.15) is 0 Å². The van der Waals surface area contributed by atoms with Gasteiger partial charge < -0.3 is 5.11 Å². The van der Waals surface area contributed by atoms with Crippen LogP contribution in [-0.2, 0) is 11.8 Å². The van der Waals surface area contributed by atoms with Crippen molar-refractivity contribution in [3.05, 3.63) is 69.7 Å². The number of benzene rings is 2. The molecule has 2 aromatic carbocycles. The highest BCUT2D eigenvalue weighted by molar-refractivity contribution is 6.36. The van der Waals surface area contributed by atoms with Crippen LogP contribution in [0.25, 0.3) is 0 Å². The number of hydrogen-bond donors (Lipinski definition) is 1. The average molecular weight is 309 g/mol. The van der Waals surface area contributed by atoms with Crippen molar-refractivity contribution < 1.29 is 5.11 Å². The van der Waals surface area contributed by atoms with Crippen LogP contribution in [0.5, 0.6) is 0 Å². The van der Waals surface area contributed by atoms with Crippen molar-refractivity contribution in [2.75, 3.05) is 0 Å². The molecule has 1 nitrogen and oxygen atoms in total. The maximum atomic E-state index is 10.6. The van der Waals surface area contributed by atoms with Crippen LogP contribution in [0.4, 0.5) is 0 Å². The van der Waals surface area contributed by atoms with Gasteiger partial charge in [-0.2, -0.15) is 0 Å². The molecule has 0 aliphatic carbocycles. The van der Waals surface area contributed by atoms with Gasteiger partial charge in [-0.15, -0.1) is 0 Å². The van der Waals surface area contributed by atoms with E-state index in [1.54, 1.807) is 12.1 Å². The summed E-state index contributed by atoms with van der Waals surface area (Å²) in [6, 6.07) is 15.4. The molecule has 0 radical (unpaired) electrons. The van der Waals surface area contributed by atoms with Crippen LogP contribution in [0, 0.1) is 0 Å². The molecule has 0 saturated heterocycles. The van der Waals surface area contributed by atoms with Gasteiger partial charge in [-0.3, -0.25) is 0 Å². The third kappa shape index (κ3) is 3.17. The summed E-state index contributed by atoms with van der Waals surface area (Å²) in [4.78, 5) is 0. The summed E-state index contributed by atoms with van der Waals surface area (Å²) in [6.45, 7) is 4.05. The van der Waals surface area contributed by atoms with Crippen molar-refractivity contribution in [3.8, 4) is 0 Å². The Balaban J connectivity index is 2.26. The molecule has 0 aliphatic rings. The lowest BCUT2D eigenvalue weighted by atomic mass is 9.77. The second-order valence-corrected chi connectivity index (χ2v) is 6.32. The monoisotopic (exact) mass is 308 g/mol. The molecule has 0 fully saturated rings. The summed E-state index contributed by atoms with van der Waals surface area (Å²) in [5.41, 5.74) is 1.52. The summed E-state index contributed by atoms with van der Waals surface area (Å²) in [5.74, 6) is 0. The molecule has 0 spiro atoms. The average Bonchev–Trinajstić information content (AvgIpc) is 2.43. The molecule has 2 rings (SSSR count). The van der Waals surface area contributed by atoms with E-state index in [9.17, 15) is 5.11 Å². The maximum Gasteiger partial charge on any atom is 0.0672 e. The number of aliphatic hydroxyl groups is 1. The van der Waals surface area contributed by atoms with Crippen molar-refractivity contribution in [1.82, 2.24) is 0 Å². The minimum Gasteiger partial charge on any atom is -0.392 e. The zero-order valence-corrected chi connectivity index (χ0v) is 13.1. The number of aliphatic hydroxyl groups excluding tert-OH is 1. The SMILES string of the molecule is CC(C)(c1ccccc1)C(O)Cc1c(Cl)cccc1Cl. The van der Waals surface area contributed by atoms with Crippen molar-refractivity contribution >= 4 is 23.2 Å². The van der Waals surface area contributed by atoms with Gasteiger partial charge in [-0.05, 0) is 23.3 Å². The molecular weight excluding hydrogens is 291 g/mol. The molecule has 1 unspecified atom stereocenters. The molecule has 20 heavy (non-hydrogen) atoms. The van der Waals surface area contributed by atoms with Crippen LogP contribution in [0.15, 0.2) is 48.5 Å². The Hall–Kier alpha value is -1.02. The molecule has 106 valence electrons. The Kier molecular flexibility index (Phi) is 4.74. The van der Waals surface area contributed by atoms with E-state index in [1.165, 1.54) is 0 Å². The first-order valence-corrected chi connectivity index (χ1v) is 7.35. The number of rotatable bonds is 4. The molecular formula is C17H18Cl2O. The molecule has 0 bridgehead atoms. The summed E-state index contributed by atoms with van der Waals surface area (Å²) < 4.78 is 0. The molecule has 0 saturated carbocycles. The highest BCUT2D eigenvalue weighted by Crippen LogP contribution is 2.32. The van der Waals surface area contributed by atoms with Gasteiger partial charge in [0, 0.05) is 21.9 Å². The standard InChI is InChI=1S/C17H18Cl2O/c1-17(2,12-7-4-3-5-8-12)16(20)11-13-14(18)9-6-10-15(13)19/h3-10,16,20H,11H2,1-2H3. The second-order valence-electron chi connectivity index (χ2n) is 5.51. The van der Waals surface area contributed by atoms with E-state index in [0.717, 1.165) is 11.1 Å². The van der Waals surface area contributed by atoms with Crippen LogP contribution in [0.3, 0.4) is 0 Å².